The van der Waals surface area contributed by atoms with Gasteiger partial charge in [-0.05, 0) is 48.2 Å². The average Bonchev–Trinajstić information content (AvgIpc) is 2.93. The maximum absolute atomic E-state index is 13.3. The summed E-state index contributed by atoms with van der Waals surface area (Å²) >= 11 is 0. The molecule has 0 aliphatic carbocycles. The summed E-state index contributed by atoms with van der Waals surface area (Å²) in [5.41, 5.74) is 2.39. The number of hydrogen-bond acceptors (Lipinski definition) is 7. The maximum atomic E-state index is 13.3. The Morgan fingerprint density at radius 1 is 0.976 bits per heavy atom. The highest BCUT2D eigenvalue weighted by Gasteiger charge is 2.28. The van der Waals surface area contributed by atoms with E-state index in [1.165, 1.54) is 24.3 Å². The van der Waals surface area contributed by atoms with Crippen molar-refractivity contribution in [2.45, 2.75) is 25.7 Å². The highest BCUT2D eigenvalue weighted by molar-refractivity contribution is 7.90. The molecule has 1 atom stereocenters. The van der Waals surface area contributed by atoms with Gasteiger partial charge in [0.15, 0.2) is 9.84 Å². The summed E-state index contributed by atoms with van der Waals surface area (Å²) in [6, 6.07) is 21.7. The molecule has 1 unspecified atom stereocenters. The van der Waals surface area contributed by atoms with Gasteiger partial charge in [0.1, 0.15) is 12.3 Å². The lowest BCUT2D eigenvalue weighted by Crippen LogP contribution is -2.36. The van der Waals surface area contributed by atoms with E-state index in [9.17, 15) is 26.8 Å². The Morgan fingerprint density at radius 3 is 2.37 bits per heavy atom. The van der Waals surface area contributed by atoms with E-state index in [-0.39, 0.29) is 30.9 Å². The fourth-order valence-electron chi connectivity index (χ4n) is 4.17. The molecule has 0 aliphatic heterocycles. The highest BCUT2D eigenvalue weighted by atomic mass is 32.2. The number of nitrogens with one attached hydrogen (secondary N) is 2. The third-order valence-electron chi connectivity index (χ3n) is 5.92. The molecule has 3 aromatic rings. The minimum Gasteiger partial charge on any atom is -0.450 e. The second-order valence-corrected chi connectivity index (χ2v) is 11.0. The fourth-order valence-corrected chi connectivity index (χ4v) is 5.88. The van der Waals surface area contributed by atoms with Crippen LogP contribution in [-0.2, 0) is 31.5 Å². The van der Waals surface area contributed by atoms with Crippen molar-refractivity contribution in [2.24, 2.45) is 5.92 Å². The van der Waals surface area contributed by atoms with Gasteiger partial charge in [0.05, 0.1) is 30.1 Å². The smallest absolute Gasteiger partial charge is 0.411 e. The molecule has 0 bridgehead atoms. The van der Waals surface area contributed by atoms with Crippen LogP contribution in [0.5, 0.6) is 5.75 Å². The number of carbonyl (C=O) groups is 2. The van der Waals surface area contributed by atoms with Crippen molar-refractivity contribution >= 4 is 27.5 Å². The van der Waals surface area contributed by atoms with Crippen LogP contribution in [0.2, 0.25) is 0 Å². The fraction of sp³-hybridized carbons (Fsp3) is 0.276. The van der Waals surface area contributed by atoms with Crippen LogP contribution in [0.3, 0.4) is 0 Å². The molecule has 0 radical (unpaired) electrons. The Morgan fingerprint density at radius 2 is 1.68 bits per heavy atom. The number of nitriles is 1. The second kappa shape index (κ2) is 14.8. The highest BCUT2D eigenvalue weighted by Crippen LogP contribution is 2.29. The molecule has 0 fully saturated rings. The van der Waals surface area contributed by atoms with Gasteiger partial charge in [-0.3, -0.25) is 10.1 Å². The van der Waals surface area contributed by atoms with Crippen LogP contribution in [0.4, 0.5) is 19.3 Å². The number of sulfone groups is 1. The number of hydrogen-bond donors (Lipinski definition) is 2. The van der Waals surface area contributed by atoms with Crippen molar-refractivity contribution in [3.05, 3.63) is 83.9 Å². The quantitative estimate of drug-likeness (QED) is 0.272. The van der Waals surface area contributed by atoms with Gasteiger partial charge in [-0.25, -0.2) is 13.2 Å². The minimum absolute atomic E-state index is 0.0136. The van der Waals surface area contributed by atoms with Crippen LogP contribution in [0.25, 0.3) is 11.1 Å². The normalized spacial score (nSPS) is 11.8. The van der Waals surface area contributed by atoms with Gasteiger partial charge in [-0.15, -0.1) is 0 Å². The van der Waals surface area contributed by atoms with Gasteiger partial charge in [0.2, 0.25) is 5.91 Å². The molecule has 2 N–H and O–H groups in total. The molecule has 3 rings (SSSR count). The first-order valence-corrected chi connectivity index (χ1v) is 14.4. The molecule has 12 heteroatoms. The van der Waals surface area contributed by atoms with Crippen LogP contribution in [0, 0.1) is 17.2 Å². The number of alkyl halides is 2. The number of para-hydroxylation sites is 1. The summed E-state index contributed by atoms with van der Waals surface area (Å²) in [6.45, 7) is -1.73. The van der Waals surface area contributed by atoms with Crippen molar-refractivity contribution in [1.82, 2.24) is 5.32 Å². The number of halogens is 2. The molecule has 0 heterocycles. The summed E-state index contributed by atoms with van der Waals surface area (Å²) in [7, 11) is -4.07. The number of nitrogens with zero attached hydrogens (tertiary/aromatic N) is 1. The largest absolute Gasteiger partial charge is 0.450 e. The molecular weight excluding hydrogens is 556 g/mol. The summed E-state index contributed by atoms with van der Waals surface area (Å²) < 4.78 is 61.7. The molecule has 2 amide bonds. The van der Waals surface area contributed by atoms with E-state index in [0.29, 0.717) is 11.3 Å². The molecular formula is C29H29F2N3O6S. The number of rotatable bonds is 13. The molecule has 216 valence electrons. The van der Waals surface area contributed by atoms with E-state index < -0.39 is 45.9 Å². The summed E-state index contributed by atoms with van der Waals surface area (Å²) in [4.78, 5) is 25.3. The first-order valence-electron chi connectivity index (χ1n) is 12.6. The summed E-state index contributed by atoms with van der Waals surface area (Å²) in [6.07, 6.45) is -0.858. The van der Waals surface area contributed by atoms with Crippen LogP contribution >= 0.6 is 0 Å². The van der Waals surface area contributed by atoms with Crippen molar-refractivity contribution in [3.8, 4) is 22.9 Å². The topological polar surface area (TPSA) is 135 Å². The number of ether oxygens (including phenoxy) is 2. The molecule has 0 saturated heterocycles. The zero-order valence-corrected chi connectivity index (χ0v) is 23.0. The van der Waals surface area contributed by atoms with Gasteiger partial charge in [-0.1, -0.05) is 54.6 Å². The van der Waals surface area contributed by atoms with Gasteiger partial charge in [-0.2, -0.15) is 14.0 Å². The van der Waals surface area contributed by atoms with Crippen molar-refractivity contribution < 1.29 is 36.3 Å². The average molecular weight is 586 g/mol. The molecule has 3 aromatic carbocycles. The lowest BCUT2D eigenvalue weighted by molar-refractivity contribution is -0.124. The van der Waals surface area contributed by atoms with Gasteiger partial charge >= 0.3 is 12.7 Å². The molecule has 9 nitrogen and oxygen atoms in total. The van der Waals surface area contributed by atoms with Crippen LogP contribution < -0.4 is 15.4 Å². The first kappa shape index (κ1) is 31.0. The number of amides is 2. The zero-order valence-electron chi connectivity index (χ0n) is 22.2. The van der Waals surface area contributed by atoms with E-state index in [4.69, 9.17) is 10.00 Å². The Hall–Kier alpha value is -4.50. The molecule has 41 heavy (non-hydrogen) atoms. The molecule has 0 saturated carbocycles. The van der Waals surface area contributed by atoms with Crippen molar-refractivity contribution in [3.63, 3.8) is 0 Å². The van der Waals surface area contributed by atoms with E-state index in [0.717, 1.165) is 11.1 Å². The van der Waals surface area contributed by atoms with Gasteiger partial charge < -0.3 is 14.8 Å². The van der Waals surface area contributed by atoms with E-state index >= 15 is 0 Å². The van der Waals surface area contributed by atoms with E-state index in [1.54, 1.807) is 31.2 Å². The Labute approximate surface area is 237 Å². The second-order valence-electron chi connectivity index (χ2n) is 8.90. The van der Waals surface area contributed by atoms with Crippen LogP contribution in [0.15, 0.2) is 72.8 Å². The van der Waals surface area contributed by atoms with Gasteiger partial charge in [0, 0.05) is 11.3 Å². The predicted octanol–water partition coefficient (Wildman–Crippen LogP) is 4.94. The molecule has 0 spiro atoms. The number of carbonyl (C=O) groups excluding carboxylic acids is 2. The van der Waals surface area contributed by atoms with E-state index in [2.05, 4.69) is 15.4 Å². The standard InChI is InChI=1S/C29H29F2N3O6S/c1-2-39-29(36)34-25-13-12-21(20-8-4-3-5-9-20)16-23(25)17-24(27(35)33-15-14-32)19-41(37,38)18-22-10-6-7-11-26(22)40-28(30)31/h3-13,16,24,28H,2,15,17-19H2,1H3,(H,33,35)(H,34,36). The predicted molar refractivity (Wildman–Crippen MR) is 149 cm³/mol. The van der Waals surface area contributed by atoms with Crippen molar-refractivity contribution in [2.75, 3.05) is 24.2 Å². The SMILES string of the molecule is CCOC(=O)Nc1ccc(-c2ccccc2)cc1CC(CS(=O)(=O)Cc1ccccc1OC(F)F)C(=O)NCC#N. The van der Waals surface area contributed by atoms with Crippen LogP contribution in [0.1, 0.15) is 18.1 Å². The number of benzene rings is 3. The number of anilines is 1. The Bertz CT molecular complexity index is 1490. The first-order chi connectivity index (χ1) is 19.6. The summed E-state index contributed by atoms with van der Waals surface area (Å²) in [5, 5.41) is 14.0. The molecule has 0 aliphatic rings. The Kier molecular flexibility index (Phi) is 11.2. The van der Waals surface area contributed by atoms with Gasteiger partial charge in [0.25, 0.3) is 0 Å². The molecule has 0 aromatic heterocycles. The zero-order chi connectivity index (χ0) is 29.8. The van der Waals surface area contributed by atoms with Crippen LogP contribution in [-0.4, -0.2) is 45.9 Å². The third kappa shape index (κ3) is 9.58. The Balaban J connectivity index is 1.97. The monoisotopic (exact) mass is 585 g/mol. The van der Waals surface area contributed by atoms with E-state index in [1.807, 2.05) is 30.3 Å². The lowest BCUT2D eigenvalue weighted by Gasteiger charge is -2.20. The third-order valence-corrected chi connectivity index (χ3v) is 7.58. The summed E-state index contributed by atoms with van der Waals surface area (Å²) in [5.74, 6) is -3.49. The van der Waals surface area contributed by atoms with Crippen molar-refractivity contribution in [1.29, 1.82) is 5.26 Å². The minimum atomic E-state index is -4.07. The maximum Gasteiger partial charge on any atom is 0.411 e. The lowest BCUT2D eigenvalue weighted by atomic mass is 9.95.